The monoisotopic (exact) mass is 402 g/mol. The molecule has 30 heavy (non-hydrogen) atoms. The Kier molecular flexibility index (Phi) is 5.35. The molecule has 1 aromatic heterocycles. The van der Waals surface area contributed by atoms with Crippen LogP contribution in [0.2, 0.25) is 0 Å². The number of aromatic amines is 1. The second-order valence-electron chi connectivity index (χ2n) is 8.98. The topological polar surface area (TPSA) is 92.5 Å². The van der Waals surface area contributed by atoms with Crippen LogP contribution in [0.3, 0.4) is 0 Å². The van der Waals surface area contributed by atoms with Crippen LogP contribution in [0.4, 0.5) is 0 Å². The Labute approximate surface area is 177 Å². The Morgan fingerprint density at radius 3 is 2.40 bits per heavy atom. The van der Waals surface area contributed by atoms with Crippen molar-refractivity contribution in [3.63, 3.8) is 0 Å². The average Bonchev–Trinajstić information content (AvgIpc) is 3.25. The van der Waals surface area contributed by atoms with Gasteiger partial charge in [0.05, 0.1) is 0 Å². The van der Waals surface area contributed by atoms with Crippen molar-refractivity contribution in [3.8, 4) is 22.5 Å². The number of nitrogens with one attached hydrogen (secondary N) is 2. The Bertz CT molecular complexity index is 983. The van der Waals surface area contributed by atoms with E-state index in [0.717, 1.165) is 43.7 Å². The van der Waals surface area contributed by atoms with Crippen LogP contribution in [0.25, 0.3) is 22.5 Å². The molecule has 2 aliphatic rings. The maximum Gasteiger partial charge on any atom is 0.180 e. The molecular formula is C24H30N6. The van der Waals surface area contributed by atoms with Crippen LogP contribution in [0.15, 0.2) is 36.4 Å². The Hall–Kier alpha value is -2.57. The van der Waals surface area contributed by atoms with Crippen LogP contribution >= 0.6 is 0 Å². The summed E-state index contributed by atoms with van der Waals surface area (Å²) in [5.41, 5.74) is 13.7. The van der Waals surface area contributed by atoms with Gasteiger partial charge in [0.2, 0.25) is 0 Å². The highest BCUT2D eigenvalue weighted by Crippen LogP contribution is 2.37. The van der Waals surface area contributed by atoms with Crippen molar-refractivity contribution >= 4 is 0 Å². The molecule has 0 amide bonds. The van der Waals surface area contributed by atoms with E-state index in [9.17, 15) is 0 Å². The normalized spacial score (nSPS) is 22.1. The van der Waals surface area contributed by atoms with Crippen molar-refractivity contribution in [2.24, 2.45) is 11.7 Å². The summed E-state index contributed by atoms with van der Waals surface area (Å²) >= 11 is 0. The molecule has 2 fully saturated rings. The maximum atomic E-state index is 6.10. The Morgan fingerprint density at radius 1 is 1.00 bits per heavy atom. The van der Waals surface area contributed by atoms with Crippen LogP contribution in [-0.2, 0) is 6.42 Å². The van der Waals surface area contributed by atoms with E-state index in [0.29, 0.717) is 17.9 Å². The van der Waals surface area contributed by atoms with Crippen LogP contribution in [0.1, 0.15) is 48.3 Å². The third-order valence-electron chi connectivity index (χ3n) is 7.03. The van der Waals surface area contributed by atoms with Gasteiger partial charge in [0.1, 0.15) is 0 Å². The van der Waals surface area contributed by atoms with Gasteiger partial charge in [0.25, 0.3) is 0 Å². The molecule has 1 aliphatic carbocycles. The van der Waals surface area contributed by atoms with Gasteiger partial charge in [0, 0.05) is 30.6 Å². The number of H-pyrrole nitrogens is 1. The SMILES string of the molecule is Cc1c(C[C@H]2CC[C@@H](N)CC2)ccc(-c2ccc(C3CNC3)cc2)c1-c1nnn[nH]1. The van der Waals surface area contributed by atoms with Crippen molar-refractivity contribution in [2.75, 3.05) is 13.1 Å². The van der Waals surface area contributed by atoms with E-state index in [1.165, 1.54) is 40.7 Å². The van der Waals surface area contributed by atoms with Gasteiger partial charge < -0.3 is 11.1 Å². The smallest absolute Gasteiger partial charge is 0.180 e. The highest BCUT2D eigenvalue weighted by atomic mass is 15.5. The average molecular weight is 403 g/mol. The quantitative estimate of drug-likeness (QED) is 0.606. The third kappa shape index (κ3) is 3.77. The van der Waals surface area contributed by atoms with Crippen LogP contribution in [0, 0.1) is 12.8 Å². The van der Waals surface area contributed by atoms with Gasteiger partial charge in [-0.1, -0.05) is 36.4 Å². The van der Waals surface area contributed by atoms with Crippen molar-refractivity contribution in [2.45, 2.75) is 51.0 Å². The fraction of sp³-hybridized carbons (Fsp3) is 0.458. The first-order valence-corrected chi connectivity index (χ1v) is 11.1. The molecule has 0 unspecified atom stereocenters. The minimum Gasteiger partial charge on any atom is -0.328 e. The number of hydrogen-bond acceptors (Lipinski definition) is 5. The van der Waals surface area contributed by atoms with E-state index in [4.69, 9.17) is 5.73 Å². The largest absolute Gasteiger partial charge is 0.328 e. The zero-order valence-electron chi connectivity index (χ0n) is 17.6. The summed E-state index contributed by atoms with van der Waals surface area (Å²) in [7, 11) is 0. The summed E-state index contributed by atoms with van der Waals surface area (Å²) in [6.45, 7) is 4.36. The molecule has 6 nitrogen and oxygen atoms in total. The van der Waals surface area contributed by atoms with E-state index in [-0.39, 0.29) is 0 Å². The van der Waals surface area contributed by atoms with Crippen molar-refractivity contribution < 1.29 is 0 Å². The molecule has 3 aromatic rings. The fourth-order valence-corrected chi connectivity index (χ4v) is 4.95. The van der Waals surface area contributed by atoms with Gasteiger partial charge in [-0.3, -0.25) is 0 Å². The summed E-state index contributed by atoms with van der Waals surface area (Å²) < 4.78 is 0. The van der Waals surface area contributed by atoms with Crippen molar-refractivity contribution in [3.05, 3.63) is 53.1 Å². The lowest BCUT2D eigenvalue weighted by Crippen LogP contribution is -2.39. The zero-order valence-corrected chi connectivity index (χ0v) is 17.6. The van der Waals surface area contributed by atoms with Crippen molar-refractivity contribution in [1.29, 1.82) is 0 Å². The van der Waals surface area contributed by atoms with E-state index in [2.05, 4.69) is 69.3 Å². The van der Waals surface area contributed by atoms with Gasteiger partial charge in [-0.2, -0.15) is 0 Å². The van der Waals surface area contributed by atoms with Gasteiger partial charge in [0.15, 0.2) is 5.82 Å². The number of aromatic nitrogens is 4. The van der Waals surface area contributed by atoms with Gasteiger partial charge in [-0.25, -0.2) is 5.10 Å². The molecule has 1 saturated heterocycles. The number of rotatable bonds is 5. The van der Waals surface area contributed by atoms with E-state index < -0.39 is 0 Å². The highest BCUT2D eigenvalue weighted by Gasteiger charge is 2.23. The molecule has 0 atom stereocenters. The number of tetrazole rings is 1. The third-order valence-corrected chi connectivity index (χ3v) is 7.03. The zero-order chi connectivity index (χ0) is 20.5. The Balaban J connectivity index is 1.48. The Morgan fingerprint density at radius 2 is 1.77 bits per heavy atom. The fourth-order valence-electron chi connectivity index (χ4n) is 4.95. The number of nitrogens with two attached hydrogens (primary N) is 1. The summed E-state index contributed by atoms with van der Waals surface area (Å²) in [4.78, 5) is 0. The van der Waals surface area contributed by atoms with Gasteiger partial charge in [-0.05, 0) is 83.2 Å². The molecule has 2 aromatic carbocycles. The predicted octanol–water partition coefficient (Wildman–Crippen LogP) is 3.59. The van der Waals surface area contributed by atoms with Crippen LogP contribution in [0.5, 0.6) is 0 Å². The predicted molar refractivity (Wildman–Crippen MR) is 119 cm³/mol. The standard InChI is InChI=1S/C24H30N6/c1-15-19(12-16-2-9-21(25)10-3-16)8-11-22(23(15)24-27-29-30-28-24)18-6-4-17(5-7-18)20-13-26-14-20/h4-8,11,16,20-21,26H,2-3,9-10,12-14,25H2,1H3,(H,27,28,29,30)/t16-,21+. The first-order chi connectivity index (χ1) is 14.7. The van der Waals surface area contributed by atoms with Crippen molar-refractivity contribution in [1.82, 2.24) is 25.9 Å². The second-order valence-corrected chi connectivity index (χ2v) is 8.98. The maximum absolute atomic E-state index is 6.10. The molecular weight excluding hydrogens is 372 g/mol. The number of benzene rings is 2. The molecule has 1 aliphatic heterocycles. The van der Waals surface area contributed by atoms with E-state index in [1.54, 1.807) is 0 Å². The van der Waals surface area contributed by atoms with E-state index in [1.807, 2.05) is 0 Å². The molecule has 0 bridgehead atoms. The lowest BCUT2D eigenvalue weighted by Gasteiger charge is -2.28. The first kappa shape index (κ1) is 19.4. The minimum atomic E-state index is 0.388. The highest BCUT2D eigenvalue weighted by molar-refractivity contribution is 5.83. The summed E-state index contributed by atoms with van der Waals surface area (Å²) in [5.74, 6) is 2.09. The van der Waals surface area contributed by atoms with Crippen LogP contribution < -0.4 is 11.1 Å². The van der Waals surface area contributed by atoms with E-state index >= 15 is 0 Å². The molecule has 1 saturated carbocycles. The minimum absolute atomic E-state index is 0.388. The summed E-state index contributed by atoms with van der Waals surface area (Å²) in [5, 5.41) is 18.3. The van der Waals surface area contributed by atoms with Gasteiger partial charge >= 0.3 is 0 Å². The molecule has 156 valence electrons. The molecule has 4 N–H and O–H groups in total. The number of hydrogen-bond donors (Lipinski definition) is 3. The molecule has 2 heterocycles. The van der Waals surface area contributed by atoms with Gasteiger partial charge in [-0.15, -0.1) is 5.10 Å². The first-order valence-electron chi connectivity index (χ1n) is 11.1. The van der Waals surface area contributed by atoms with Crippen LogP contribution in [-0.4, -0.2) is 39.8 Å². The lowest BCUT2D eigenvalue weighted by atomic mass is 9.80. The molecule has 0 radical (unpaired) electrons. The number of nitrogens with zero attached hydrogens (tertiary/aromatic N) is 3. The molecule has 0 spiro atoms. The summed E-state index contributed by atoms with van der Waals surface area (Å²) in [6, 6.07) is 13.9. The summed E-state index contributed by atoms with van der Waals surface area (Å²) in [6.07, 6.45) is 5.83. The second kappa shape index (κ2) is 8.28. The molecule has 5 rings (SSSR count). The lowest BCUT2D eigenvalue weighted by molar-refractivity contribution is 0.324. The molecule has 6 heteroatoms.